The number of fused-ring (bicyclic) bond motifs is 1. The van der Waals surface area contributed by atoms with Crippen LogP contribution in [-0.4, -0.2) is 17.5 Å². The molecule has 2 nitrogen and oxygen atoms in total. The summed E-state index contributed by atoms with van der Waals surface area (Å²) in [6.07, 6.45) is 0.972. The van der Waals surface area contributed by atoms with Gasteiger partial charge in [-0.25, -0.2) is 0 Å². The van der Waals surface area contributed by atoms with Gasteiger partial charge in [-0.1, -0.05) is 18.2 Å². The lowest BCUT2D eigenvalue weighted by Gasteiger charge is -1.97. The molecule has 1 aromatic carbocycles. The van der Waals surface area contributed by atoms with Gasteiger partial charge in [-0.15, -0.1) is 11.3 Å². The maximum Gasteiger partial charge on any atom is 0.164 e. The Balaban J connectivity index is 2.31. The first-order valence-electron chi connectivity index (χ1n) is 4.93. The van der Waals surface area contributed by atoms with Crippen molar-refractivity contribution in [2.75, 3.05) is 6.61 Å². The Kier molecular flexibility index (Phi) is 3.14. The summed E-state index contributed by atoms with van der Waals surface area (Å²) in [7, 11) is 0. The number of aliphatic hydroxyl groups is 1. The number of rotatable bonds is 4. The van der Waals surface area contributed by atoms with E-state index < -0.39 is 0 Å². The minimum absolute atomic E-state index is 0.0772. The molecule has 2 aromatic rings. The zero-order valence-corrected chi connectivity index (χ0v) is 9.09. The first-order chi connectivity index (χ1) is 7.33. The highest BCUT2D eigenvalue weighted by molar-refractivity contribution is 7.17. The quantitative estimate of drug-likeness (QED) is 0.804. The molecule has 78 valence electrons. The number of aliphatic hydroxyl groups excluding tert-OH is 1. The summed E-state index contributed by atoms with van der Waals surface area (Å²) in [6, 6.07) is 7.90. The molecule has 0 atom stereocenters. The molecule has 1 N–H and O–H groups in total. The molecule has 0 unspecified atom stereocenters. The van der Waals surface area contributed by atoms with Crippen molar-refractivity contribution >= 4 is 27.2 Å². The molecule has 1 aromatic heterocycles. The van der Waals surface area contributed by atoms with Gasteiger partial charge in [0, 0.05) is 34.1 Å². The van der Waals surface area contributed by atoms with E-state index in [0.717, 1.165) is 15.6 Å². The van der Waals surface area contributed by atoms with E-state index in [0.29, 0.717) is 12.8 Å². The van der Waals surface area contributed by atoms with E-state index in [4.69, 9.17) is 5.11 Å². The standard InChI is InChI=1S/C12H12O2S/c13-7-3-5-11(14)10-8-15-12-6-2-1-4-9(10)12/h1-2,4,6,8,13H,3,5,7H2. The van der Waals surface area contributed by atoms with Crippen molar-refractivity contribution in [2.24, 2.45) is 0 Å². The molecule has 0 aliphatic carbocycles. The van der Waals surface area contributed by atoms with Crippen LogP contribution in [0.4, 0.5) is 0 Å². The topological polar surface area (TPSA) is 37.3 Å². The van der Waals surface area contributed by atoms with Gasteiger partial charge in [0.2, 0.25) is 0 Å². The first kappa shape index (κ1) is 10.3. The van der Waals surface area contributed by atoms with E-state index in [-0.39, 0.29) is 12.4 Å². The molecule has 0 amide bonds. The molecule has 3 heteroatoms. The van der Waals surface area contributed by atoms with Crippen LogP contribution in [0.2, 0.25) is 0 Å². The molecule has 0 aliphatic heterocycles. The second-order valence-electron chi connectivity index (χ2n) is 3.40. The predicted octanol–water partition coefficient (Wildman–Crippen LogP) is 2.86. The Morgan fingerprint density at radius 1 is 1.33 bits per heavy atom. The second kappa shape index (κ2) is 4.55. The Morgan fingerprint density at radius 3 is 2.93 bits per heavy atom. The van der Waals surface area contributed by atoms with Gasteiger partial charge >= 0.3 is 0 Å². The molecule has 0 spiro atoms. The number of thiophene rings is 1. The largest absolute Gasteiger partial charge is 0.396 e. The van der Waals surface area contributed by atoms with E-state index in [2.05, 4.69) is 0 Å². The van der Waals surface area contributed by atoms with Crippen LogP contribution in [-0.2, 0) is 0 Å². The van der Waals surface area contributed by atoms with Crippen molar-refractivity contribution in [1.29, 1.82) is 0 Å². The van der Waals surface area contributed by atoms with Gasteiger partial charge in [0.15, 0.2) is 5.78 Å². The lowest BCUT2D eigenvalue weighted by Crippen LogP contribution is -1.98. The van der Waals surface area contributed by atoms with Gasteiger partial charge in [0.1, 0.15) is 0 Å². The van der Waals surface area contributed by atoms with Crippen LogP contribution in [0.1, 0.15) is 23.2 Å². The molecule has 0 saturated carbocycles. The minimum atomic E-state index is 0.0772. The van der Waals surface area contributed by atoms with Gasteiger partial charge in [0.25, 0.3) is 0 Å². The smallest absolute Gasteiger partial charge is 0.164 e. The summed E-state index contributed by atoms with van der Waals surface area (Å²) in [6.45, 7) is 0.0772. The molecule has 0 radical (unpaired) electrons. The summed E-state index contributed by atoms with van der Waals surface area (Å²) < 4.78 is 1.14. The molecule has 0 saturated heterocycles. The van der Waals surface area contributed by atoms with Gasteiger partial charge in [-0.3, -0.25) is 4.79 Å². The Hall–Kier alpha value is -1.19. The number of hydrogen-bond donors (Lipinski definition) is 1. The van der Waals surface area contributed by atoms with Crippen LogP contribution in [0, 0.1) is 0 Å². The summed E-state index contributed by atoms with van der Waals surface area (Å²) in [5.41, 5.74) is 0.795. The first-order valence-corrected chi connectivity index (χ1v) is 5.81. The molecule has 1 heterocycles. The third-order valence-electron chi connectivity index (χ3n) is 2.34. The molecular formula is C12H12O2S. The summed E-state index contributed by atoms with van der Waals surface area (Å²) in [5, 5.41) is 11.6. The van der Waals surface area contributed by atoms with Crippen LogP contribution in [0.15, 0.2) is 29.6 Å². The van der Waals surface area contributed by atoms with Gasteiger partial charge < -0.3 is 5.11 Å². The predicted molar refractivity (Wildman–Crippen MR) is 62.5 cm³/mol. The maximum atomic E-state index is 11.8. The van der Waals surface area contributed by atoms with Crippen LogP contribution >= 0.6 is 11.3 Å². The van der Waals surface area contributed by atoms with Crippen molar-refractivity contribution in [3.8, 4) is 0 Å². The Labute approximate surface area is 92.2 Å². The number of ketones is 1. The molecule has 0 bridgehead atoms. The van der Waals surface area contributed by atoms with Crippen LogP contribution in [0.25, 0.3) is 10.1 Å². The van der Waals surface area contributed by atoms with Crippen molar-refractivity contribution < 1.29 is 9.90 Å². The van der Waals surface area contributed by atoms with Gasteiger partial charge in [-0.05, 0) is 12.5 Å². The summed E-state index contributed by atoms with van der Waals surface area (Å²) in [5.74, 6) is 0.126. The van der Waals surface area contributed by atoms with Crippen molar-refractivity contribution in [3.63, 3.8) is 0 Å². The molecular weight excluding hydrogens is 208 g/mol. The number of carbonyl (C=O) groups is 1. The number of benzene rings is 1. The van der Waals surface area contributed by atoms with Gasteiger partial charge in [-0.2, -0.15) is 0 Å². The van der Waals surface area contributed by atoms with Gasteiger partial charge in [0.05, 0.1) is 0 Å². The van der Waals surface area contributed by atoms with E-state index in [1.54, 1.807) is 11.3 Å². The Bertz CT molecular complexity index is 473. The highest BCUT2D eigenvalue weighted by Crippen LogP contribution is 2.26. The normalized spacial score (nSPS) is 10.7. The fraction of sp³-hybridized carbons (Fsp3) is 0.250. The average molecular weight is 220 g/mol. The van der Waals surface area contributed by atoms with Crippen LogP contribution < -0.4 is 0 Å². The summed E-state index contributed by atoms with van der Waals surface area (Å²) >= 11 is 1.59. The maximum absolute atomic E-state index is 11.8. The zero-order chi connectivity index (χ0) is 10.7. The van der Waals surface area contributed by atoms with Crippen LogP contribution in [0.5, 0.6) is 0 Å². The van der Waals surface area contributed by atoms with Crippen LogP contribution in [0.3, 0.4) is 0 Å². The Morgan fingerprint density at radius 2 is 2.13 bits per heavy atom. The number of Topliss-reactive ketones (excluding diaryl/α,β-unsaturated/α-hetero) is 1. The average Bonchev–Trinajstić information content (AvgIpc) is 2.69. The van der Waals surface area contributed by atoms with Crippen molar-refractivity contribution in [3.05, 3.63) is 35.2 Å². The lowest BCUT2D eigenvalue weighted by atomic mass is 10.1. The number of hydrogen-bond acceptors (Lipinski definition) is 3. The van der Waals surface area contributed by atoms with E-state index in [1.807, 2.05) is 29.6 Å². The molecule has 2 rings (SSSR count). The third kappa shape index (κ3) is 2.08. The monoisotopic (exact) mass is 220 g/mol. The third-order valence-corrected chi connectivity index (χ3v) is 3.31. The lowest BCUT2D eigenvalue weighted by molar-refractivity contribution is 0.0973. The second-order valence-corrected chi connectivity index (χ2v) is 4.31. The highest BCUT2D eigenvalue weighted by Gasteiger charge is 2.10. The molecule has 0 aliphatic rings. The summed E-state index contributed by atoms with van der Waals surface area (Å²) in [4.78, 5) is 11.8. The van der Waals surface area contributed by atoms with E-state index in [1.165, 1.54) is 0 Å². The molecule has 0 fully saturated rings. The minimum Gasteiger partial charge on any atom is -0.396 e. The molecule has 15 heavy (non-hydrogen) atoms. The van der Waals surface area contributed by atoms with E-state index in [9.17, 15) is 4.79 Å². The van der Waals surface area contributed by atoms with E-state index >= 15 is 0 Å². The number of carbonyl (C=O) groups excluding carboxylic acids is 1. The van der Waals surface area contributed by atoms with Crippen molar-refractivity contribution in [2.45, 2.75) is 12.8 Å². The zero-order valence-electron chi connectivity index (χ0n) is 8.27. The van der Waals surface area contributed by atoms with Crippen molar-refractivity contribution in [1.82, 2.24) is 0 Å². The fourth-order valence-electron chi connectivity index (χ4n) is 1.57. The SMILES string of the molecule is O=C(CCCO)c1csc2ccccc12. The highest BCUT2D eigenvalue weighted by atomic mass is 32.1. The fourth-order valence-corrected chi connectivity index (χ4v) is 2.53.